The molecule has 7 nitrogen and oxygen atoms in total. The minimum Gasteiger partial charge on any atom is -0.348 e. The molecule has 0 saturated heterocycles. The average molecular weight is 495 g/mol. The fourth-order valence-corrected chi connectivity index (χ4v) is 3.52. The summed E-state index contributed by atoms with van der Waals surface area (Å²) < 4.78 is 27.9. The molecule has 0 fully saturated rings. The van der Waals surface area contributed by atoms with Crippen molar-refractivity contribution in [2.75, 3.05) is 10.6 Å². The van der Waals surface area contributed by atoms with Crippen LogP contribution in [0.3, 0.4) is 0 Å². The molecule has 3 aromatic rings. The van der Waals surface area contributed by atoms with Gasteiger partial charge >= 0.3 is 6.03 Å². The van der Waals surface area contributed by atoms with E-state index in [1.165, 1.54) is 0 Å². The van der Waals surface area contributed by atoms with Crippen molar-refractivity contribution in [3.8, 4) is 0 Å². The van der Waals surface area contributed by atoms with Crippen molar-refractivity contribution in [2.24, 2.45) is 5.92 Å². The van der Waals surface area contributed by atoms with Crippen molar-refractivity contribution in [3.05, 3.63) is 95.6 Å². The number of carbonyl (C=O) groups is 3. The summed E-state index contributed by atoms with van der Waals surface area (Å²) in [5.74, 6) is -3.85. The highest BCUT2D eigenvalue weighted by Gasteiger charge is 2.28. The highest BCUT2D eigenvalue weighted by Crippen LogP contribution is 2.18. The Morgan fingerprint density at radius 3 is 1.81 bits per heavy atom. The summed E-state index contributed by atoms with van der Waals surface area (Å²) in [6.45, 7) is 5.19. The quantitative estimate of drug-likeness (QED) is 0.345. The number of hydrogen-bond acceptors (Lipinski definition) is 3. The van der Waals surface area contributed by atoms with Crippen LogP contribution in [0.25, 0.3) is 0 Å². The van der Waals surface area contributed by atoms with Crippen LogP contribution < -0.4 is 21.3 Å². The second-order valence-corrected chi connectivity index (χ2v) is 8.59. The minimum absolute atomic E-state index is 0.342. The van der Waals surface area contributed by atoms with Gasteiger partial charge in [-0.25, -0.2) is 13.6 Å². The van der Waals surface area contributed by atoms with Gasteiger partial charge in [-0.15, -0.1) is 0 Å². The molecule has 0 aliphatic heterocycles. The van der Waals surface area contributed by atoms with Crippen molar-refractivity contribution in [3.63, 3.8) is 0 Å². The zero-order valence-electron chi connectivity index (χ0n) is 20.1. The van der Waals surface area contributed by atoms with Crippen molar-refractivity contribution in [1.29, 1.82) is 0 Å². The third-order valence-corrected chi connectivity index (χ3v) is 5.48. The molecule has 4 N–H and O–H groups in total. The zero-order valence-corrected chi connectivity index (χ0v) is 20.1. The summed E-state index contributed by atoms with van der Waals surface area (Å²) in [5, 5.41) is 10.7. The molecular formula is C27H28F2N4O3. The molecule has 0 aliphatic carbocycles. The van der Waals surface area contributed by atoms with Gasteiger partial charge in [-0.05, 0) is 54.8 Å². The fourth-order valence-electron chi connectivity index (χ4n) is 3.52. The normalized spacial score (nSPS) is 12.4. The highest BCUT2D eigenvalue weighted by atomic mass is 19.1. The third kappa shape index (κ3) is 6.88. The minimum atomic E-state index is -1.01. The maximum Gasteiger partial charge on any atom is 0.323 e. The number of carbonyl (C=O) groups excluding carboxylic acids is 3. The van der Waals surface area contributed by atoms with E-state index in [2.05, 4.69) is 21.3 Å². The number of amides is 4. The number of hydrogen-bond donors (Lipinski definition) is 4. The molecule has 0 aromatic heterocycles. The first-order valence-corrected chi connectivity index (χ1v) is 11.4. The predicted octanol–water partition coefficient (Wildman–Crippen LogP) is 5.24. The van der Waals surface area contributed by atoms with Crippen LogP contribution in [-0.2, 0) is 4.79 Å². The van der Waals surface area contributed by atoms with Gasteiger partial charge in [0.15, 0.2) is 0 Å². The van der Waals surface area contributed by atoms with Crippen molar-refractivity contribution in [2.45, 2.75) is 32.9 Å². The van der Waals surface area contributed by atoms with Crippen LogP contribution in [-0.4, -0.2) is 23.9 Å². The monoisotopic (exact) mass is 494 g/mol. The molecule has 0 radical (unpaired) electrons. The lowest BCUT2D eigenvalue weighted by Gasteiger charge is -2.24. The number of rotatable bonds is 8. The number of anilines is 2. The summed E-state index contributed by atoms with van der Waals surface area (Å²) in [6.07, 6.45) is 0. The van der Waals surface area contributed by atoms with Crippen LogP contribution in [0.4, 0.5) is 25.0 Å². The van der Waals surface area contributed by atoms with Crippen molar-refractivity contribution < 1.29 is 23.2 Å². The predicted molar refractivity (Wildman–Crippen MR) is 135 cm³/mol. The average Bonchev–Trinajstić information content (AvgIpc) is 2.83. The molecule has 36 heavy (non-hydrogen) atoms. The second-order valence-electron chi connectivity index (χ2n) is 8.59. The Labute approximate surface area is 208 Å². The van der Waals surface area contributed by atoms with E-state index in [1.54, 1.807) is 57.2 Å². The van der Waals surface area contributed by atoms with Crippen LogP contribution >= 0.6 is 0 Å². The van der Waals surface area contributed by atoms with Crippen LogP contribution in [0.15, 0.2) is 72.8 Å². The molecule has 0 bridgehead atoms. The second kappa shape index (κ2) is 11.9. The first kappa shape index (κ1) is 26.3. The van der Waals surface area contributed by atoms with Gasteiger partial charge in [-0.1, -0.05) is 50.2 Å². The lowest BCUT2D eigenvalue weighted by molar-refractivity contribution is -0.124. The first-order valence-electron chi connectivity index (χ1n) is 11.4. The number of urea groups is 1. The van der Waals surface area contributed by atoms with Crippen LogP contribution in [0.1, 0.15) is 42.7 Å². The lowest BCUT2D eigenvalue weighted by atomic mass is 10.0. The molecule has 0 spiro atoms. The lowest BCUT2D eigenvalue weighted by Crippen LogP contribution is -2.50. The van der Waals surface area contributed by atoms with Gasteiger partial charge in [-0.3, -0.25) is 9.59 Å². The van der Waals surface area contributed by atoms with E-state index < -0.39 is 47.1 Å². The van der Waals surface area contributed by atoms with Gasteiger partial charge in [0.1, 0.15) is 23.2 Å². The van der Waals surface area contributed by atoms with E-state index >= 15 is 0 Å². The summed E-state index contributed by atoms with van der Waals surface area (Å²) in [5.41, 5.74) is 1.24. The van der Waals surface area contributed by atoms with E-state index in [9.17, 15) is 23.2 Å². The number of para-hydroxylation sites is 1. The molecule has 0 aliphatic rings. The molecule has 0 saturated carbocycles. The van der Waals surface area contributed by atoms with Gasteiger partial charge in [0.25, 0.3) is 5.91 Å². The van der Waals surface area contributed by atoms with Gasteiger partial charge in [0.05, 0.1) is 6.04 Å². The van der Waals surface area contributed by atoms with Gasteiger partial charge in [0.2, 0.25) is 5.91 Å². The summed E-state index contributed by atoms with van der Waals surface area (Å²) in [6, 6.07) is 17.2. The molecule has 0 heterocycles. The third-order valence-electron chi connectivity index (χ3n) is 5.48. The number of nitrogens with one attached hydrogen (secondary N) is 4. The first-order chi connectivity index (χ1) is 17.2. The Morgan fingerprint density at radius 1 is 0.694 bits per heavy atom. The number of benzene rings is 3. The Morgan fingerprint density at radius 2 is 1.25 bits per heavy atom. The molecule has 1 unspecified atom stereocenters. The molecular weight excluding hydrogens is 466 g/mol. The largest absolute Gasteiger partial charge is 0.348 e. The molecule has 3 aromatic carbocycles. The Balaban J connectivity index is 1.60. The topological polar surface area (TPSA) is 99.3 Å². The zero-order chi connectivity index (χ0) is 26.2. The molecule has 4 amide bonds. The SMILES string of the molecule is CC(NC(=O)[C@@H](NC(=O)c1c(F)cccc1F)C(C)C)c1ccc(NC(=O)Nc2ccccc2)cc1. The fraction of sp³-hybridized carbons (Fsp3) is 0.222. The van der Waals surface area contributed by atoms with Gasteiger partial charge in [0, 0.05) is 11.4 Å². The van der Waals surface area contributed by atoms with Gasteiger partial charge in [-0.2, -0.15) is 0 Å². The number of halogens is 2. The van der Waals surface area contributed by atoms with E-state index in [4.69, 9.17) is 0 Å². The van der Waals surface area contributed by atoms with E-state index in [-0.39, 0.29) is 5.92 Å². The van der Waals surface area contributed by atoms with Crippen molar-refractivity contribution in [1.82, 2.24) is 10.6 Å². The van der Waals surface area contributed by atoms with E-state index in [0.29, 0.717) is 11.4 Å². The summed E-state index contributed by atoms with van der Waals surface area (Å²) in [7, 11) is 0. The highest BCUT2D eigenvalue weighted by molar-refractivity contribution is 6.00. The smallest absolute Gasteiger partial charge is 0.323 e. The maximum absolute atomic E-state index is 14.0. The van der Waals surface area contributed by atoms with E-state index in [1.807, 2.05) is 18.2 Å². The Hall–Kier alpha value is -4.27. The van der Waals surface area contributed by atoms with Crippen LogP contribution in [0, 0.1) is 17.6 Å². The molecule has 2 atom stereocenters. The molecule has 188 valence electrons. The standard InChI is InChI=1S/C27H28F2N4O3/c1-16(2)24(33-25(34)23-21(28)10-7-11-22(23)29)26(35)30-17(3)18-12-14-20(15-13-18)32-27(36)31-19-8-5-4-6-9-19/h4-17,24H,1-3H3,(H,30,35)(H,33,34)(H2,31,32,36)/t17?,24-/m0/s1. The Bertz CT molecular complexity index is 1200. The Kier molecular flexibility index (Phi) is 8.72. The van der Waals surface area contributed by atoms with Gasteiger partial charge < -0.3 is 21.3 Å². The van der Waals surface area contributed by atoms with Crippen molar-refractivity contribution >= 4 is 29.2 Å². The maximum atomic E-state index is 14.0. The molecule has 3 rings (SSSR count). The van der Waals surface area contributed by atoms with Crippen LogP contribution in [0.2, 0.25) is 0 Å². The molecule has 9 heteroatoms. The van der Waals surface area contributed by atoms with Crippen LogP contribution in [0.5, 0.6) is 0 Å². The van der Waals surface area contributed by atoms with E-state index in [0.717, 1.165) is 23.8 Å². The summed E-state index contributed by atoms with van der Waals surface area (Å²) >= 11 is 0. The summed E-state index contributed by atoms with van der Waals surface area (Å²) in [4.78, 5) is 37.6.